The summed E-state index contributed by atoms with van der Waals surface area (Å²) in [7, 11) is 25.5. The van der Waals surface area contributed by atoms with E-state index in [0.29, 0.717) is 0 Å². The first kappa shape index (κ1) is 26.9. The van der Waals surface area contributed by atoms with Gasteiger partial charge in [0.2, 0.25) is 0 Å². The Morgan fingerprint density at radius 3 is 1.11 bits per heavy atom. The van der Waals surface area contributed by atoms with Gasteiger partial charge in [-0.1, -0.05) is 0 Å². The van der Waals surface area contributed by atoms with Crippen LogP contribution in [0.5, 0.6) is 0 Å². The molecule has 0 aromatic heterocycles. The van der Waals surface area contributed by atoms with Crippen molar-refractivity contribution in [2.75, 3.05) is 0 Å². The molecule has 0 saturated carbocycles. The topological polar surface area (TPSA) is 0 Å². The second kappa shape index (κ2) is 12.4. The summed E-state index contributed by atoms with van der Waals surface area (Å²) in [5.41, 5.74) is 10.2. The molecule has 178 valence electrons. The van der Waals surface area contributed by atoms with Crippen molar-refractivity contribution in [1.29, 1.82) is 0 Å². The first-order valence-corrected chi connectivity index (χ1v) is 27.1. The molecule has 6 heteroatoms. The molecule has 0 spiro atoms. The summed E-state index contributed by atoms with van der Waals surface area (Å²) in [6, 6.07) is 37.6. The van der Waals surface area contributed by atoms with Gasteiger partial charge in [-0.2, -0.15) is 0 Å². The summed E-state index contributed by atoms with van der Waals surface area (Å²) >= 11 is -4.77. The monoisotopic (exact) mass is 702 g/mol. The molecule has 0 nitrogen and oxygen atoms in total. The molecule has 0 saturated heterocycles. The van der Waals surface area contributed by atoms with Crippen molar-refractivity contribution in [3.05, 3.63) is 143 Å². The summed E-state index contributed by atoms with van der Waals surface area (Å²) in [4.78, 5) is 0. The van der Waals surface area contributed by atoms with Crippen LogP contribution in [-0.4, -0.2) is 0 Å². The Labute approximate surface area is 243 Å². The van der Waals surface area contributed by atoms with Gasteiger partial charge < -0.3 is 0 Å². The number of rotatable bonds is 4. The Kier molecular flexibility index (Phi) is 9.28. The molecule has 0 N–H and O–H groups in total. The zero-order valence-electron chi connectivity index (χ0n) is 19.2. The van der Waals surface area contributed by atoms with Crippen molar-refractivity contribution in [2.45, 2.75) is 7.25 Å². The maximum atomic E-state index is 6.38. The Balaban J connectivity index is 0.000000148. The molecule has 0 aliphatic heterocycles. The van der Waals surface area contributed by atoms with Crippen molar-refractivity contribution in [2.24, 2.45) is 0 Å². The van der Waals surface area contributed by atoms with Gasteiger partial charge in [0.05, 0.1) is 0 Å². The summed E-state index contributed by atoms with van der Waals surface area (Å²) in [6.45, 7) is 0. The molecule has 2 atom stereocenters. The van der Waals surface area contributed by atoms with E-state index in [-0.39, 0.29) is 7.25 Å². The number of benzene rings is 4. The molecule has 0 amide bonds. The van der Waals surface area contributed by atoms with E-state index in [0.717, 1.165) is 0 Å². The van der Waals surface area contributed by atoms with E-state index in [2.05, 4.69) is 109 Å². The molecule has 0 radical (unpaired) electrons. The molecular weight excluding hydrogens is 685 g/mol. The molecule has 0 heterocycles. The Morgan fingerprint density at radius 2 is 0.750 bits per heavy atom. The van der Waals surface area contributed by atoms with Crippen LogP contribution in [0.15, 0.2) is 109 Å². The fourth-order valence-corrected chi connectivity index (χ4v) is 15.3. The van der Waals surface area contributed by atoms with Gasteiger partial charge in [0, 0.05) is 0 Å². The normalized spacial score (nSPS) is 17.2. The van der Waals surface area contributed by atoms with Crippen LogP contribution >= 0.6 is 34.1 Å². The summed E-state index contributed by atoms with van der Waals surface area (Å²) in [5.74, 6) is 0. The van der Waals surface area contributed by atoms with Gasteiger partial charge in [-0.3, -0.25) is 0 Å². The maximum absolute atomic E-state index is 6.38. The third kappa shape index (κ3) is 5.81. The quantitative estimate of drug-likeness (QED) is 0.198. The van der Waals surface area contributed by atoms with Crippen LogP contribution in [0, 0.1) is 0 Å². The molecule has 36 heavy (non-hydrogen) atoms. The van der Waals surface area contributed by atoms with Crippen molar-refractivity contribution in [3.8, 4) is 0 Å². The molecule has 6 rings (SSSR count). The van der Waals surface area contributed by atoms with Gasteiger partial charge >= 0.3 is 246 Å². The van der Waals surface area contributed by atoms with Gasteiger partial charge in [0.25, 0.3) is 0 Å². The van der Waals surface area contributed by atoms with E-state index in [1.807, 2.05) is 12.1 Å². The van der Waals surface area contributed by atoms with Crippen LogP contribution in [0.4, 0.5) is 0 Å². The summed E-state index contributed by atoms with van der Waals surface area (Å²) < 4.78 is 0.517. The summed E-state index contributed by atoms with van der Waals surface area (Å²) in [6.07, 6.45) is 4.47. The fourth-order valence-electron chi connectivity index (χ4n) is 4.88. The second-order valence-corrected chi connectivity index (χ2v) is 26.2. The molecule has 0 bridgehead atoms. The predicted molar refractivity (Wildman–Crippen MR) is 150 cm³/mol. The van der Waals surface area contributed by atoms with Crippen LogP contribution in [0.2, 0.25) is 0 Å². The van der Waals surface area contributed by atoms with E-state index in [1.54, 1.807) is 0 Å². The predicted octanol–water partition coefficient (Wildman–Crippen LogP) is 10.4. The number of halogens is 4. The molecule has 0 fully saturated rings. The zero-order valence-corrected chi connectivity index (χ0v) is 27.2. The number of hydrogen-bond acceptors (Lipinski definition) is 0. The summed E-state index contributed by atoms with van der Waals surface area (Å²) in [5, 5.41) is 0. The fraction of sp³-hybridized carbons (Fsp3) is 0.0667. The minimum absolute atomic E-state index is 0.259. The van der Waals surface area contributed by atoms with Gasteiger partial charge in [-0.05, 0) is 0 Å². The Bertz CT molecular complexity index is 1290. The van der Waals surface area contributed by atoms with Crippen molar-refractivity contribution < 1.29 is 38.7 Å². The Morgan fingerprint density at radius 1 is 0.417 bits per heavy atom. The SMILES string of the molecule is [Cl][Zr]([Cl])[CH]1C(c2ccccc2)=Cc2ccccc21.[Cl][Zr]([Cl])[CH]1C(c2ccccc2)=Cc2ccccc21. The van der Waals surface area contributed by atoms with Crippen LogP contribution in [0.1, 0.15) is 40.6 Å². The van der Waals surface area contributed by atoms with Crippen molar-refractivity contribution in [1.82, 2.24) is 0 Å². The third-order valence-electron chi connectivity index (χ3n) is 6.51. The minimum atomic E-state index is -2.39. The molecule has 2 unspecified atom stereocenters. The average Bonchev–Trinajstić information content (AvgIpc) is 3.49. The van der Waals surface area contributed by atoms with Gasteiger partial charge in [0.15, 0.2) is 0 Å². The Hall–Kier alpha value is -0.714. The van der Waals surface area contributed by atoms with E-state index >= 15 is 0 Å². The van der Waals surface area contributed by atoms with Gasteiger partial charge in [-0.25, -0.2) is 0 Å². The van der Waals surface area contributed by atoms with Crippen LogP contribution < -0.4 is 0 Å². The second-order valence-electron chi connectivity index (χ2n) is 8.63. The third-order valence-corrected chi connectivity index (χ3v) is 16.9. The number of fused-ring (bicyclic) bond motifs is 2. The standard InChI is InChI=1S/2C15H11.4ClH.2Zr/c2*1-2-6-12(7-3-1)15-10-13-8-4-5-9-14(13)11-15;;;;;;/h2*1-11H;4*1H;;/q;;;;;;2*+2/p-4. The van der Waals surface area contributed by atoms with E-state index in [4.69, 9.17) is 34.1 Å². The van der Waals surface area contributed by atoms with E-state index < -0.39 is 38.7 Å². The molecule has 4 aromatic rings. The van der Waals surface area contributed by atoms with Crippen LogP contribution in [-0.2, 0) is 38.7 Å². The van der Waals surface area contributed by atoms with Crippen molar-refractivity contribution in [3.63, 3.8) is 0 Å². The zero-order chi connectivity index (χ0) is 25.1. The van der Waals surface area contributed by atoms with E-state index in [9.17, 15) is 0 Å². The molecular formula is C30H22Cl4Zr2. The average molecular weight is 707 g/mol. The number of allylic oxidation sites excluding steroid dienone is 2. The number of hydrogen-bond donors (Lipinski definition) is 0. The van der Waals surface area contributed by atoms with Crippen LogP contribution in [0.3, 0.4) is 0 Å². The molecule has 2 aliphatic rings. The van der Waals surface area contributed by atoms with Crippen molar-refractivity contribution >= 4 is 57.3 Å². The molecule has 4 aromatic carbocycles. The molecule has 2 aliphatic carbocycles. The first-order valence-electron chi connectivity index (χ1n) is 11.6. The van der Waals surface area contributed by atoms with Gasteiger partial charge in [-0.15, -0.1) is 0 Å². The van der Waals surface area contributed by atoms with Crippen LogP contribution in [0.25, 0.3) is 23.3 Å². The van der Waals surface area contributed by atoms with E-state index in [1.165, 1.54) is 44.5 Å². The first-order chi connectivity index (χ1) is 17.5. The van der Waals surface area contributed by atoms with Gasteiger partial charge in [0.1, 0.15) is 0 Å².